The molecule has 0 saturated heterocycles. The van der Waals surface area contributed by atoms with Crippen LogP contribution in [0.4, 0.5) is 0 Å². The second-order valence-electron chi connectivity index (χ2n) is 7.09. The molecule has 0 spiro atoms. The van der Waals surface area contributed by atoms with Crippen molar-refractivity contribution in [3.63, 3.8) is 0 Å². The van der Waals surface area contributed by atoms with Crippen molar-refractivity contribution in [1.82, 2.24) is 0 Å². The molecule has 1 rings (SSSR count). The maximum absolute atomic E-state index is 11.8. The Kier molecular flexibility index (Phi) is 10.5. The third kappa shape index (κ3) is 8.52. The monoisotopic (exact) mass is 332 g/mol. The van der Waals surface area contributed by atoms with Crippen molar-refractivity contribution in [2.24, 2.45) is 0 Å². The minimum absolute atomic E-state index is 0.0613. The van der Waals surface area contributed by atoms with E-state index in [1.807, 2.05) is 0 Å². The number of ether oxygens (including phenoxy) is 1. The zero-order chi connectivity index (χ0) is 17.8. The van der Waals surface area contributed by atoms with Crippen LogP contribution >= 0.6 is 0 Å². The fraction of sp³-hybridized carbons (Fsp3) is 0.682. The number of esters is 1. The van der Waals surface area contributed by atoms with Crippen molar-refractivity contribution in [1.29, 1.82) is 0 Å². The molecule has 0 aliphatic heterocycles. The topological polar surface area (TPSA) is 26.3 Å². The lowest BCUT2D eigenvalue weighted by Gasteiger charge is -2.10. The smallest absolute Gasteiger partial charge is 0.306 e. The molecule has 1 aromatic carbocycles. The summed E-state index contributed by atoms with van der Waals surface area (Å²) < 4.78 is 5.41. The third-order valence-electron chi connectivity index (χ3n) is 4.87. The van der Waals surface area contributed by atoms with Crippen LogP contribution in [0.1, 0.15) is 93.4 Å². The van der Waals surface area contributed by atoms with E-state index in [1.165, 1.54) is 61.6 Å². The number of benzene rings is 1. The lowest BCUT2D eigenvalue weighted by Crippen LogP contribution is -2.05. The minimum Gasteiger partial charge on any atom is -0.461 e. The molecule has 0 bridgehead atoms. The molecule has 0 amide bonds. The van der Waals surface area contributed by atoms with Crippen LogP contribution in [0, 0.1) is 20.8 Å². The molecule has 1 aromatic rings. The highest BCUT2D eigenvalue weighted by molar-refractivity contribution is 5.69. The van der Waals surface area contributed by atoms with Crippen molar-refractivity contribution < 1.29 is 9.53 Å². The van der Waals surface area contributed by atoms with Gasteiger partial charge in [0.15, 0.2) is 0 Å². The van der Waals surface area contributed by atoms with Gasteiger partial charge >= 0.3 is 5.97 Å². The molecule has 0 aromatic heterocycles. The molecule has 0 unspecified atom stereocenters. The minimum atomic E-state index is -0.0613. The van der Waals surface area contributed by atoms with Gasteiger partial charge in [-0.15, -0.1) is 0 Å². The van der Waals surface area contributed by atoms with Gasteiger partial charge in [0, 0.05) is 6.42 Å². The van der Waals surface area contributed by atoms with Crippen molar-refractivity contribution in [3.8, 4) is 0 Å². The highest BCUT2D eigenvalue weighted by Gasteiger charge is 2.06. The first kappa shape index (κ1) is 20.7. The number of carbonyl (C=O) groups excluding carboxylic acids is 1. The number of hydrogen-bond donors (Lipinski definition) is 0. The van der Waals surface area contributed by atoms with E-state index < -0.39 is 0 Å². The second kappa shape index (κ2) is 12.1. The number of rotatable bonds is 12. The molecule has 0 aliphatic carbocycles. The lowest BCUT2D eigenvalue weighted by atomic mass is 10.0. The number of hydrogen-bond acceptors (Lipinski definition) is 2. The van der Waals surface area contributed by atoms with Crippen LogP contribution in [0.5, 0.6) is 0 Å². The summed E-state index contributed by atoms with van der Waals surface area (Å²) in [5, 5.41) is 0. The first-order valence-electron chi connectivity index (χ1n) is 9.77. The molecule has 0 N–H and O–H groups in total. The van der Waals surface area contributed by atoms with E-state index in [-0.39, 0.29) is 5.97 Å². The van der Waals surface area contributed by atoms with Gasteiger partial charge in [-0.25, -0.2) is 0 Å². The Balaban J connectivity index is 2.08. The molecule has 0 aliphatic rings. The Morgan fingerprint density at radius 3 is 1.88 bits per heavy atom. The number of unbranched alkanes of at least 4 members (excludes halogenated alkanes) is 8. The SMILES string of the molecule is CCCCCCCCCCCC(=O)OCc1cc(C)c(C)c(C)c1. The van der Waals surface area contributed by atoms with Gasteiger partial charge in [-0.05, 0) is 49.4 Å². The zero-order valence-electron chi connectivity index (χ0n) is 16.2. The van der Waals surface area contributed by atoms with Crippen LogP contribution in [0.2, 0.25) is 0 Å². The fourth-order valence-electron chi connectivity index (χ4n) is 3.02. The van der Waals surface area contributed by atoms with Gasteiger partial charge in [0.05, 0.1) is 0 Å². The molecule has 0 radical (unpaired) electrons. The first-order chi connectivity index (χ1) is 11.5. The van der Waals surface area contributed by atoms with Crippen LogP contribution < -0.4 is 0 Å². The summed E-state index contributed by atoms with van der Waals surface area (Å²) in [5.41, 5.74) is 4.94. The largest absolute Gasteiger partial charge is 0.461 e. The van der Waals surface area contributed by atoms with E-state index in [0.29, 0.717) is 13.0 Å². The maximum atomic E-state index is 11.8. The van der Waals surface area contributed by atoms with Gasteiger partial charge in [-0.1, -0.05) is 70.4 Å². The van der Waals surface area contributed by atoms with Crippen LogP contribution in [-0.2, 0) is 16.1 Å². The standard InChI is InChI=1S/C22H36O2/c1-5-6-7-8-9-10-11-12-13-14-22(23)24-17-21-15-18(2)20(4)19(3)16-21/h15-16H,5-14,17H2,1-4H3. The van der Waals surface area contributed by atoms with E-state index in [9.17, 15) is 4.79 Å². The summed E-state index contributed by atoms with van der Waals surface area (Å²) in [6, 6.07) is 4.24. The average molecular weight is 333 g/mol. The Morgan fingerprint density at radius 2 is 1.33 bits per heavy atom. The predicted molar refractivity (Wildman–Crippen MR) is 102 cm³/mol. The van der Waals surface area contributed by atoms with E-state index in [1.54, 1.807) is 0 Å². The van der Waals surface area contributed by atoms with Crippen LogP contribution in [-0.4, -0.2) is 5.97 Å². The van der Waals surface area contributed by atoms with Gasteiger partial charge in [-0.3, -0.25) is 4.79 Å². The van der Waals surface area contributed by atoms with Gasteiger partial charge in [0.1, 0.15) is 6.61 Å². The molecule has 0 fully saturated rings. The second-order valence-corrected chi connectivity index (χ2v) is 7.09. The van der Waals surface area contributed by atoms with Crippen molar-refractivity contribution in [2.75, 3.05) is 0 Å². The van der Waals surface area contributed by atoms with Gasteiger partial charge in [0.2, 0.25) is 0 Å². The zero-order valence-corrected chi connectivity index (χ0v) is 16.2. The molecular formula is C22H36O2. The van der Waals surface area contributed by atoms with Crippen LogP contribution in [0.3, 0.4) is 0 Å². The van der Waals surface area contributed by atoms with E-state index >= 15 is 0 Å². The molecule has 2 nitrogen and oxygen atoms in total. The molecule has 136 valence electrons. The summed E-state index contributed by atoms with van der Waals surface area (Å²) in [6.07, 6.45) is 12.0. The Hall–Kier alpha value is -1.31. The van der Waals surface area contributed by atoms with Gasteiger partial charge < -0.3 is 4.74 Å². The summed E-state index contributed by atoms with van der Waals surface area (Å²) in [5.74, 6) is -0.0613. The normalized spacial score (nSPS) is 10.8. The van der Waals surface area contributed by atoms with Crippen molar-refractivity contribution in [2.45, 2.75) is 98.5 Å². The quantitative estimate of drug-likeness (QED) is 0.319. The summed E-state index contributed by atoms with van der Waals surface area (Å²) >= 11 is 0. The molecular weight excluding hydrogens is 296 g/mol. The molecule has 0 heterocycles. The van der Waals surface area contributed by atoms with Crippen LogP contribution in [0.15, 0.2) is 12.1 Å². The van der Waals surface area contributed by atoms with Crippen molar-refractivity contribution >= 4 is 5.97 Å². The average Bonchev–Trinajstić information content (AvgIpc) is 2.56. The molecule has 2 heteroatoms. The molecule has 0 saturated carbocycles. The summed E-state index contributed by atoms with van der Waals surface area (Å²) in [4.78, 5) is 11.8. The Bertz CT molecular complexity index is 468. The number of carbonyl (C=O) groups is 1. The lowest BCUT2D eigenvalue weighted by molar-refractivity contribution is -0.145. The molecule has 24 heavy (non-hydrogen) atoms. The maximum Gasteiger partial charge on any atom is 0.306 e. The molecule has 0 atom stereocenters. The van der Waals surface area contributed by atoms with Gasteiger partial charge in [0.25, 0.3) is 0 Å². The fourth-order valence-corrected chi connectivity index (χ4v) is 3.02. The Morgan fingerprint density at radius 1 is 0.833 bits per heavy atom. The van der Waals surface area contributed by atoms with Crippen molar-refractivity contribution in [3.05, 3.63) is 34.4 Å². The predicted octanol–water partition coefficient (Wildman–Crippen LogP) is 6.58. The first-order valence-corrected chi connectivity index (χ1v) is 9.77. The van der Waals surface area contributed by atoms with E-state index in [2.05, 4.69) is 39.8 Å². The Labute approximate surface area is 149 Å². The van der Waals surface area contributed by atoms with E-state index in [0.717, 1.165) is 18.4 Å². The van der Waals surface area contributed by atoms with E-state index in [4.69, 9.17) is 4.74 Å². The highest BCUT2D eigenvalue weighted by atomic mass is 16.5. The highest BCUT2D eigenvalue weighted by Crippen LogP contribution is 2.16. The summed E-state index contributed by atoms with van der Waals surface area (Å²) in [6.45, 7) is 8.99. The van der Waals surface area contributed by atoms with Crippen LogP contribution in [0.25, 0.3) is 0 Å². The third-order valence-corrected chi connectivity index (χ3v) is 4.87. The van der Waals surface area contributed by atoms with Gasteiger partial charge in [-0.2, -0.15) is 0 Å². The summed E-state index contributed by atoms with van der Waals surface area (Å²) in [7, 11) is 0. The number of aryl methyl sites for hydroxylation is 2.